The fraction of sp³-hybridized carbons (Fsp3) is 0.462. The molecule has 2 heterocycles. The lowest BCUT2D eigenvalue weighted by atomic mass is 10.3. The van der Waals surface area contributed by atoms with Gasteiger partial charge >= 0.3 is 5.97 Å². The molecule has 0 amide bonds. The molecular weight excluding hydrogens is 262 g/mol. The van der Waals surface area contributed by atoms with E-state index in [0.717, 1.165) is 28.4 Å². The van der Waals surface area contributed by atoms with Crippen molar-refractivity contribution in [2.24, 2.45) is 0 Å². The van der Waals surface area contributed by atoms with Gasteiger partial charge in [0.05, 0.1) is 12.8 Å². The highest BCUT2D eigenvalue weighted by Crippen LogP contribution is 2.27. The Morgan fingerprint density at radius 1 is 1.47 bits per heavy atom. The minimum atomic E-state index is -0.358. The molecule has 0 bridgehead atoms. The minimum absolute atomic E-state index is 0.358. The summed E-state index contributed by atoms with van der Waals surface area (Å²) in [5.74, 6) is -0.358. The van der Waals surface area contributed by atoms with Crippen LogP contribution in [0.5, 0.6) is 0 Å². The molecular formula is C13H17N3O2S. The maximum atomic E-state index is 11.7. The molecule has 0 atom stereocenters. The smallest absolute Gasteiger partial charge is 0.358 e. The van der Waals surface area contributed by atoms with Gasteiger partial charge in [0.2, 0.25) is 0 Å². The second-order valence-electron chi connectivity index (χ2n) is 4.14. The summed E-state index contributed by atoms with van der Waals surface area (Å²) in [5, 5.41) is 5.08. The zero-order valence-electron chi connectivity index (χ0n) is 11.3. The summed E-state index contributed by atoms with van der Waals surface area (Å²) in [5.41, 5.74) is 1.35. The van der Waals surface area contributed by atoms with Crippen molar-refractivity contribution >= 4 is 17.3 Å². The first-order valence-electron chi connectivity index (χ1n) is 6.33. The first kappa shape index (κ1) is 13.7. The highest BCUT2D eigenvalue weighted by atomic mass is 32.1. The molecule has 0 N–H and O–H groups in total. The minimum Gasteiger partial charge on any atom is -0.461 e. The number of thiazole rings is 1. The van der Waals surface area contributed by atoms with Crippen LogP contribution in [0.3, 0.4) is 0 Å². The molecule has 2 aromatic heterocycles. The van der Waals surface area contributed by atoms with Crippen LogP contribution >= 0.6 is 11.3 Å². The van der Waals surface area contributed by atoms with E-state index in [-0.39, 0.29) is 5.97 Å². The van der Waals surface area contributed by atoms with Gasteiger partial charge in [-0.1, -0.05) is 6.92 Å². The molecule has 0 aromatic carbocycles. The summed E-state index contributed by atoms with van der Waals surface area (Å²) < 4.78 is 6.87. The Kier molecular flexibility index (Phi) is 4.31. The summed E-state index contributed by atoms with van der Waals surface area (Å²) >= 11 is 1.49. The van der Waals surface area contributed by atoms with Crippen LogP contribution in [0.4, 0.5) is 0 Å². The summed E-state index contributed by atoms with van der Waals surface area (Å²) in [7, 11) is 0. The lowest BCUT2D eigenvalue weighted by Gasteiger charge is -1.97. The first-order chi connectivity index (χ1) is 9.15. The van der Waals surface area contributed by atoms with E-state index in [1.54, 1.807) is 13.1 Å². The van der Waals surface area contributed by atoms with Gasteiger partial charge in [-0.15, -0.1) is 11.3 Å². The van der Waals surface area contributed by atoms with Gasteiger partial charge in [-0.2, -0.15) is 5.10 Å². The van der Waals surface area contributed by atoms with Gasteiger partial charge < -0.3 is 4.74 Å². The molecule has 2 aromatic rings. The van der Waals surface area contributed by atoms with Crippen LogP contribution in [0.1, 0.15) is 35.6 Å². The van der Waals surface area contributed by atoms with Gasteiger partial charge in [0, 0.05) is 23.2 Å². The van der Waals surface area contributed by atoms with E-state index in [0.29, 0.717) is 12.3 Å². The Hall–Kier alpha value is -1.69. The number of nitrogens with zero attached hydrogens (tertiary/aromatic N) is 3. The van der Waals surface area contributed by atoms with Crippen molar-refractivity contribution in [1.82, 2.24) is 14.8 Å². The van der Waals surface area contributed by atoms with Gasteiger partial charge in [0.1, 0.15) is 5.01 Å². The molecule has 2 rings (SSSR count). The second kappa shape index (κ2) is 5.97. The summed E-state index contributed by atoms with van der Waals surface area (Å²) in [6, 6.07) is 0. The van der Waals surface area contributed by atoms with E-state index in [9.17, 15) is 4.79 Å². The van der Waals surface area contributed by atoms with E-state index in [4.69, 9.17) is 4.74 Å². The molecule has 0 aliphatic heterocycles. The molecule has 6 heteroatoms. The second-order valence-corrected chi connectivity index (χ2v) is 5.34. The molecule has 0 saturated heterocycles. The summed E-state index contributed by atoms with van der Waals surface area (Å²) in [6.07, 6.45) is 4.77. The first-order valence-corrected chi connectivity index (χ1v) is 7.14. The fourth-order valence-corrected chi connectivity index (χ4v) is 2.61. The average molecular weight is 279 g/mol. The third-order valence-electron chi connectivity index (χ3n) is 2.60. The van der Waals surface area contributed by atoms with Crippen molar-refractivity contribution in [3.05, 3.63) is 23.0 Å². The Morgan fingerprint density at radius 2 is 2.26 bits per heavy atom. The third-order valence-corrected chi connectivity index (χ3v) is 3.62. The number of esters is 1. The average Bonchev–Trinajstić information content (AvgIpc) is 2.96. The van der Waals surface area contributed by atoms with E-state index in [1.165, 1.54) is 11.3 Å². The molecule has 19 heavy (non-hydrogen) atoms. The highest BCUT2D eigenvalue weighted by Gasteiger charge is 2.17. The number of aromatic nitrogens is 3. The molecule has 0 saturated carbocycles. The Morgan fingerprint density at radius 3 is 2.95 bits per heavy atom. The third kappa shape index (κ3) is 3.01. The summed E-state index contributed by atoms with van der Waals surface area (Å²) in [6.45, 7) is 7.02. The topological polar surface area (TPSA) is 57.0 Å². The lowest BCUT2D eigenvalue weighted by Crippen LogP contribution is -2.06. The number of hydrogen-bond acceptors (Lipinski definition) is 5. The standard InChI is InChI=1S/C13H17N3O2S/c1-4-6-16-8-10(7-14-16)12-15-11(9(3)19-12)13(17)18-5-2/h7-8H,4-6H2,1-3H3. The molecule has 5 nitrogen and oxygen atoms in total. The van der Waals surface area contributed by atoms with Gasteiger partial charge in [0.15, 0.2) is 5.69 Å². The van der Waals surface area contributed by atoms with Gasteiger partial charge in [-0.3, -0.25) is 4.68 Å². The molecule has 0 unspecified atom stereocenters. The SMILES string of the molecule is CCCn1cc(-c2nc(C(=O)OCC)c(C)s2)cn1. The molecule has 0 radical (unpaired) electrons. The van der Waals surface area contributed by atoms with Crippen LogP contribution in [-0.4, -0.2) is 27.3 Å². The summed E-state index contributed by atoms with van der Waals surface area (Å²) in [4.78, 5) is 17.0. The van der Waals surface area contributed by atoms with Gasteiger partial charge in [0.25, 0.3) is 0 Å². The van der Waals surface area contributed by atoms with Crippen molar-refractivity contribution in [2.45, 2.75) is 33.7 Å². The monoisotopic (exact) mass is 279 g/mol. The van der Waals surface area contributed by atoms with Crippen molar-refractivity contribution in [3.63, 3.8) is 0 Å². The van der Waals surface area contributed by atoms with Crippen LogP contribution in [0.25, 0.3) is 10.6 Å². The molecule has 0 spiro atoms. The lowest BCUT2D eigenvalue weighted by molar-refractivity contribution is 0.0519. The largest absolute Gasteiger partial charge is 0.461 e. The Bertz CT molecular complexity index is 574. The van der Waals surface area contributed by atoms with E-state index >= 15 is 0 Å². The van der Waals surface area contributed by atoms with Crippen molar-refractivity contribution < 1.29 is 9.53 Å². The fourth-order valence-electron chi connectivity index (χ4n) is 1.73. The van der Waals surface area contributed by atoms with Crippen LogP contribution in [0, 0.1) is 6.92 Å². The number of hydrogen-bond donors (Lipinski definition) is 0. The Balaban J connectivity index is 2.25. The number of carbonyl (C=O) groups excluding carboxylic acids is 1. The predicted molar refractivity (Wildman–Crippen MR) is 74.3 cm³/mol. The maximum Gasteiger partial charge on any atom is 0.358 e. The number of rotatable bonds is 5. The quantitative estimate of drug-likeness (QED) is 0.790. The van der Waals surface area contributed by atoms with Crippen LogP contribution in [0.15, 0.2) is 12.4 Å². The van der Waals surface area contributed by atoms with E-state index in [1.807, 2.05) is 17.8 Å². The van der Waals surface area contributed by atoms with Gasteiger partial charge in [-0.25, -0.2) is 9.78 Å². The van der Waals surface area contributed by atoms with Crippen molar-refractivity contribution in [1.29, 1.82) is 0 Å². The predicted octanol–water partition coefficient (Wildman–Crippen LogP) is 2.90. The number of ether oxygens (including phenoxy) is 1. The maximum absolute atomic E-state index is 11.7. The van der Waals surface area contributed by atoms with Crippen LogP contribution in [-0.2, 0) is 11.3 Å². The molecule has 0 aliphatic carbocycles. The van der Waals surface area contributed by atoms with Crippen molar-refractivity contribution in [3.8, 4) is 10.6 Å². The van der Waals surface area contributed by atoms with Gasteiger partial charge in [-0.05, 0) is 20.3 Å². The zero-order valence-corrected chi connectivity index (χ0v) is 12.2. The number of carbonyl (C=O) groups is 1. The highest BCUT2D eigenvalue weighted by molar-refractivity contribution is 7.15. The Labute approximate surface area is 116 Å². The number of aryl methyl sites for hydroxylation is 2. The molecule has 0 fully saturated rings. The van der Waals surface area contributed by atoms with E-state index < -0.39 is 0 Å². The normalized spacial score (nSPS) is 10.7. The van der Waals surface area contributed by atoms with Crippen LogP contribution in [0.2, 0.25) is 0 Å². The zero-order chi connectivity index (χ0) is 13.8. The van der Waals surface area contributed by atoms with Crippen molar-refractivity contribution in [2.75, 3.05) is 6.61 Å². The molecule has 0 aliphatic rings. The van der Waals surface area contributed by atoms with E-state index in [2.05, 4.69) is 17.0 Å². The molecule has 102 valence electrons. The van der Waals surface area contributed by atoms with Crippen LogP contribution < -0.4 is 0 Å².